The van der Waals surface area contributed by atoms with E-state index in [0.717, 1.165) is 5.57 Å². The Kier molecular flexibility index (Phi) is 6.54. The molecule has 3 N–H and O–H groups in total. The van der Waals surface area contributed by atoms with Crippen molar-refractivity contribution in [2.75, 3.05) is 6.54 Å². The molecule has 0 aliphatic carbocycles. The molecule has 0 aromatic rings. The normalized spacial score (nSPS) is 11.4. The smallest absolute Gasteiger partial charge is 0.229 e. The van der Waals surface area contributed by atoms with E-state index in [1.807, 2.05) is 13.0 Å². The van der Waals surface area contributed by atoms with Gasteiger partial charge in [-0.25, -0.2) is 0 Å². The fourth-order valence-corrected chi connectivity index (χ4v) is 0.827. The number of nitrogens with two attached hydrogens (primary N) is 1. The molecule has 0 saturated heterocycles. The van der Waals surface area contributed by atoms with E-state index in [1.54, 1.807) is 6.08 Å². The summed E-state index contributed by atoms with van der Waals surface area (Å²) in [5.41, 5.74) is 5.74. The second kappa shape index (κ2) is 7.49. The van der Waals surface area contributed by atoms with Crippen LogP contribution in [0.15, 0.2) is 28.9 Å². The monoisotopic (exact) mass is 209 g/mol. The number of aliphatic imine (C=N–C) groups is 1. The highest BCUT2D eigenvalue weighted by Gasteiger charge is 2.04. The first-order chi connectivity index (χ1) is 7.10. The van der Waals surface area contributed by atoms with Crippen LogP contribution < -0.4 is 11.1 Å². The molecule has 0 radical (unpaired) electrons. The minimum atomic E-state index is -0.641. The van der Waals surface area contributed by atoms with Gasteiger partial charge in [-0.2, -0.15) is 0 Å². The number of rotatable bonds is 6. The molecular weight excluding hydrogens is 194 g/mol. The third-order valence-corrected chi connectivity index (χ3v) is 1.59. The SMILES string of the molecule is C=N/C=C\C(=C/C)CNC(=O)CC(N)=O. The molecule has 0 fully saturated rings. The molecule has 0 aromatic carbocycles. The number of primary amides is 1. The predicted octanol–water partition coefficient (Wildman–Crippen LogP) is 0.139. The van der Waals surface area contributed by atoms with E-state index in [-0.39, 0.29) is 12.3 Å². The summed E-state index contributed by atoms with van der Waals surface area (Å²) in [6.07, 6.45) is 4.78. The summed E-state index contributed by atoms with van der Waals surface area (Å²) in [6.45, 7) is 5.47. The zero-order valence-electron chi connectivity index (χ0n) is 8.69. The maximum Gasteiger partial charge on any atom is 0.229 e. The average molecular weight is 209 g/mol. The Morgan fingerprint density at radius 2 is 2.20 bits per heavy atom. The van der Waals surface area contributed by atoms with Crippen LogP contribution in [-0.4, -0.2) is 25.1 Å². The number of hydrogen-bond acceptors (Lipinski definition) is 3. The molecule has 0 atom stereocenters. The predicted molar refractivity (Wildman–Crippen MR) is 59.3 cm³/mol. The number of hydrogen-bond donors (Lipinski definition) is 2. The number of carbonyl (C=O) groups is 2. The van der Waals surface area contributed by atoms with Gasteiger partial charge in [-0.05, 0) is 25.3 Å². The molecule has 0 aromatic heterocycles. The van der Waals surface area contributed by atoms with Crippen LogP contribution in [0.4, 0.5) is 0 Å². The van der Waals surface area contributed by atoms with Crippen LogP contribution in [0.1, 0.15) is 13.3 Å². The third kappa shape index (κ3) is 7.18. The lowest BCUT2D eigenvalue weighted by Gasteiger charge is -2.03. The number of nitrogens with one attached hydrogen (secondary N) is 1. The van der Waals surface area contributed by atoms with Gasteiger partial charge in [0.2, 0.25) is 11.8 Å². The molecule has 82 valence electrons. The van der Waals surface area contributed by atoms with Gasteiger partial charge >= 0.3 is 0 Å². The zero-order chi connectivity index (χ0) is 11.7. The van der Waals surface area contributed by atoms with E-state index in [4.69, 9.17) is 5.73 Å². The minimum absolute atomic E-state index is 0.291. The number of allylic oxidation sites excluding steroid dienone is 1. The number of nitrogens with zero attached hydrogens (tertiary/aromatic N) is 1. The van der Waals surface area contributed by atoms with Gasteiger partial charge in [-0.1, -0.05) is 6.08 Å². The molecule has 0 aliphatic heterocycles. The standard InChI is InChI=1S/C10H15N3O2/c1-3-8(4-5-12-2)7-13-10(15)6-9(11)14/h3-5H,2,6-7H2,1H3,(H2,11,14)(H,13,15)/b5-4-,8-3+. The van der Waals surface area contributed by atoms with Crippen LogP contribution in [0.3, 0.4) is 0 Å². The summed E-state index contributed by atoms with van der Waals surface area (Å²) < 4.78 is 0. The Bertz CT molecular complexity index is 306. The summed E-state index contributed by atoms with van der Waals surface area (Å²) >= 11 is 0. The lowest BCUT2D eigenvalue weighted by Crippen LogP contribution is -2.29. The molecule has 0 bridgehead atoms. The van der Waals surface area contributed by atoms with Crippen LogP contribution in [0.25, 0.3) is 0 Å². The Morgan fingerprint density at radius 1 is 1.53 bits per heavy atom. The molecule has 5 nitrogen and oxygen atoms in total. The first-order valence-corrected chi connectivity index (χ1v) is 4.42. The summed E-state index contributed by atoms with van der Waals surface area (Å²) in [6, 6.07) is 0. The van der Waals surface area contributed by atoms with Crippen molar-refractivity contribution in [2.45, 2.75) is 13.3 Å². The molecule has 0 rings (SSSR count). The van der Waals surface area contributed by atoms with E-state index >= 15 is 0 Å². The molecule has 2 amide bonds. The lowest BCUT2D eigenvalue weighted by molar-refractivity contribution is -0.127. The van der Waals surface area contributed by atoms with Crippen molar-refractivity contribution >= 4 is 18.5 Å². The topological polar surface area (TPSA) is 84.6 Å². The molecular formula is C10H15N3O2. The third-order valence-electron chi connectivity index (χ3n) is 1.59. The fraction of sp³-hybridized carbons (Fsp3) is 0.300. The Morgan fingerprint density at radius 3 is 2.67 bits per heavy atom. The first kappa shape index (κ1) is 13.1. The first-order valence-electron chi connectivity index (χ1n) is 4.42. The van der Waals surface area contributed by atoms with Crippen LogP contribution in [-0.2, 0) is 9.59 Å². The van der Waals surface area contributed by atoms with E-state index in [9.17, 15) is 9.59 Å². The van der Waals surface area contributed by atoms with Crippen molar-refractivity contribution in [3.63, 3.8) is 0 Å². The Labute approximate surface area is 88.8 Å². The van der Waals surface area contributed by atoms with Gasteiger partial charge < -0.3 is 11.1 Å². The molecule has 0 spiro atoms. The van der Waals surface area contributed by atoms with Crippen molar-refractivity contribution in [1.29, 1.82) is 0 Å². The van der Waals surface area contributed by atoms with Crippen LogP contribution >= 0.6 is 0 Å². The Balaban J connectivity index is 4.02. The van der Waals surface area contributed by atoms with Crippen molar-refractivity contribution in [2.24, 2.45) is 10.7 Å². The molecule has 0 unspecified atom stereocenters. The number of amides is 2. The lowest BCUT2D eigenvalue weighted by atomic mass is 10.2. The van der Waals surface area contributed by atoms with Crippen molar-refractivity contribution in [3.8, 4) is 0 Å². The molecule has 0 saturated carbocycles. The quantitative estimate of drug-likeness (QED) is 0.370. The summed E-state index contributed by atoms with van der Waals surface area (Å²) in [5, 5.41) is 2.55. The maximum atomic E-state index is 11.0. The molecule has 0 aliphatic rings. The van der Waals surface area contributed by atoms with Gasteiger partial charge in [0.05, 0.1) is 0 Å². The molecule has 0 heterocycles. The largest absolute Gasteiger partial charge is 0.369 e. The zero-order valence-corrected chi connectivity index (χ0v) is 8.69. The molecule has 5 heteroatoms. The van der Waals surface area contributed by atoms with Gasteiger partial charge in [-0.3, -0.25) is 14.6 Å². The van der Waals surface area contributed by atoms with Crippen molar-refractivity contribution < 1.29 is 9.59 Å². The Hall–Kier alpha value is -1.91. The van der Waals surface area contributed by atoms with E-state index < -0.39 is 5.91 Å². The highest BCUT2D eigenvalue weighted by molar-refractivity contribution is 5.96. The number of carbonyl (C=O) groups excluding carboxylic acids is 2. The fourth-order valence-electron chi connectivity index (χ4n) is 0.827. The van der Waals surface area contributed by atoms with Gasteiger partial charge in [0, 0.05) is 12.7 Å². The van der Waals surface area contributed by atoms with Gasteiger partial charge in [0.15, 0.2) is 0 Å². The minimum Gasteiger partial charge on any atom is -0.369 e. The second-order valence-corrected chi connectivity index (χ2v) is 2.78. The van der Waals surface area contributed by atoms with E-state index in [0.29, 0.717) is 6.54 Å². The summed E-state index contributed by atoms with van der Waals surface area (Å²) in [5.74, 6) is -1.03. The second-order valence-electron chi connectivity index (χ2n) is 2.78. The highest BCUT2D eigenvalue weighted by Crippen LogP contribution is 1.95. The average Bonchev–Trinajstić information content (AvgIpc) is 2.17. The van der Waals surface area contributed by atoms with Gasteiger partial charge in [0.25, 0.3) is 0 Å². The van der Waals surface area contributed by atoms with Gasteiger partial charge in [-0.15, -0.1) is 0 Å². The van der Waals surface area contributed by atoms with Crippen molar-refractivity contribution in [3.05, 3.63) is 23.9 Å². The van der Waals surface area contributed by atoms with E-state index in [2.05, 4.69) is 17.0 Å². The van der Waals surface area contributed by atoms with E-state index in [1.165, 1.54) is 6.20 Å². The summed E-state index contributed by atoms with van der Waals surface area (Å²) in [7, 11) is 0. The van der Waals surface area contributed by atoms with Crippen LogP contribution in [0.2, 0.25) is 0 Å². The van der Waals surface area contributed by atoms with Gasteiger partial charge in [0.1, 0.15) is 6.42 Å². The van der Waals surface area contributed by atoms with Crippen LogP contribution in [0, 0.1) is 0 Å². The maximum absolute atomic E-state index is 11.0. The van der Waals surface area contributed by atoms with Crippen molar-refractivity contribution in [1.82, 2.24) is 5.32 Å². The summed E-state index contributed by atoms with van der Waals surface area (Å²) in [4.78, 5) is 25.0. The van der Waals surface area contributed by atoms with Crippen LogP contribution in [0.5, 0.6) is 0 Å². The molecule has 15 heavy (non-hydrogen) atoms. The highest BCUT2D eigenvalue weighted by atomic mass is 16.2.